The van der Waals surface area contributed by atoms with E-state index in [1.165, 1.54) is 7.11 Å². The number of carbonyl (C=O) groups excluding carboxylic acids is 2. The molecule has 0 bridgehead atoms. The Balaban J connectivity index is 1.52. The van der Waals surface area contributed by atoms with E-state index in [0.717, 1.165) is 49.1 Å². The second-order valence-corrected chi connectivity index (χ2v) is 10.5. The molecule has 0 spiro atoms. The first-order valence-electron chi connectivity index (χ1n) is 13.1. The Morgan fingerprint density at radius 1 is 1.16 bits per heavy atom. The Bertz CT molecular complexity index is 1350. The van der Waals surface area contributed by atoms with Crippen LogP contribution in [0.5, 0.6) is 5.75 Å². The highest BCUT2D eigenvalue weighted by molar-refractivity contribution is 6.08. The summed E-state index contributed by atoms with van der Waals surface area (Å²) in [5.74, 6) is 1.29. The molecule has 0 aliphatic carbocycles. The number of ether oxygens (including phenoxy) is 1. The van der Waals surface area contributed by atoms with E-state index in [2.05, 4.69) is 28.7 Å². The van der Waals surface area contributed by atoms with Crippen molar-refractivity contribution in [2.45, 2.75) is 60.0 Å². The normalized spacial score (nSPS) is 14.4. The SMILES string of the molecule is COc1cc(C)[nH]c(=O)c1CNC(=O)c1c(C)n(CC2CCN(C(=O)CC(C)C)CC2)c2ccccc12. The summed E-state index contributed by atoms with van der Waals surface area (Å²) in [5.41, 5.74) is 3.38. The minimum absolute atomic E-state index is 0.0689. The average molecular weight is 507 g/mol. The van der Waals surface area contributed by atoms with Crippen molar-refractivity contribution < 1.29 is 14.3 Å². The van der Waals surface area contributed by atoms with Gasteiger partial charge in [-0.2, -0.15) is 0 Å². The average Bonchev–Trinajstić information content (AvgIpc) is 3.14. The molecule has 2 aromatic heterocycles. The molecule has 1 aliphatic heterocycles. The number of aryl methyl sites for hydroxylation is 1. The molecule has 8 heteroatoms. The van der Waals surface area contributed by atoms with Crippen LogP contribution in [0.15, 0.2) is 35.1 Å². The minimum Gasteiger partial charge on any atom is -0.496 e. The van der Waals surface area contributed by atoms with Crippen molar-refractivity contribution >= 4 is 22.7 Å². The molecule has 1 saturated heterocycles. The Labute approximate surface area is 218 Å². The molecule has 2 amide bonds. The lowest BCUT2D eigenvalue weighted by Crippen LogP contribution is -2.39. The summed E-state index contributed by atoms with van der Waals surface area (Å²) in [6, 6.07) is 9.70. The van der Waals surface area contributed by atoms with E-state index >= 15 is 0 Å². The van der Waals surface area contributed by atoms with E-state index in [9.17, 15) is 14.4 Å². The fraction of sp³-hybridized carbons (Fsp3) is 0.483. The Morgan fingerprint density at radius 2 is 1.86 bits per heavy atom. The molecule has 3 aromatic rings. The zero-order chi connectivity index (χ0) is 26.7. The van der Waals surface area contributed by atoms with E-state index in [1.54, 1.807) is 13.0 Å². The molecule has 2 N–H and O–H groups in total. The fourth-order valence-corrected chi connectivity index (χ4v) is 5.35. The minimum atomic E-state index is -0.269. The molecule has 0 unspecified atom stereocenters. The third-order valence-electron chi connectivity index (χ3n) is 7.32. The highest BCUT2D eigenvalue weighted by Crippen LogP contribution is 2.29. The summed E-state index contributed by atoms with van der Waals surface area (Å²) in [4.78, 5) is 43.1. The van der Waals surface area contributed by atoms with Crippen LogP contribution in [0, 0.1) is 25.7 Å². The summed E-state index contributed by atoms with van der Waals surface area (Å²) in [7, 11) is 1.52. The second-order valence-electron chi connectivity index (χ2n) is 10.5. The van der Waals surface area contributed by atoms with Crippen LogP contribution < -0.4 is 15.6 Å². The van der Waals surface area contributed by atoms with Gasteiger partial charge in [-0.3, -0.25) is 14.4 Å². The first-order valence-corrected chi connectivity index (χ1v) is 13.1. The lowest BCUT2D eigenvalue weighted by atomic mass is 9.96. The number of aromatic nitrogens is 2. The summed E-state index contributed by atoms with van der Waals surface area (Å²) in [6.45, 7) is 10.4. The smallest absolute Gasteiger partial charge is 0.256 e. The standard InChI is InChI=1S/C29H38N4O4/c1-18(2)14-26(34)32-12-10-21(11-13-32)17-33-20(4)27(22-8-6-7-9-24(22)33)29(36)30-16-23-25(37-5)15-19(3)31-28(23)35/h6-9,15,18,21H,10-14,16-17H2,1-5H3,(H,30,36)(H,31,35). The van der Waals surface area contributed by atoms with Gasteiger partial charge in [0.05, 0.1) is 24.8 Å². The number of carbonyl (C=O) groups is 2. The molecule has 4 rings (SSSR count). The lowest BCUT2D eigenvalue weighted by molar-refractivity contribution is -0.133. The number of H-pyrrole nitrogens is 1. The van der Waals surface area contributed by atoms with Gasteiger partial charge in [-0.25, -0.2) is 0 Å². The number of hydrogen-bond acceptors (Lipinski definition) is 4. The molecule has 0 atom stereocenters. The Kier molecular flexibility index (Phi) is 8.05. The molecule has 0 radical (unpaired) electrons. The summed E-state index contributed by atoms with van der Waals surface area (Å²) in [6.07, 6.45) is 2.51. The molecule has 1 aromatic carbocycles. The van der Waals surface area contributed by atoms with E-state index in [4.69, 9.17) is 4.74 Å². The van der Waals surface area contributed by atoms with Crippen LogP contribution in [0.4, 0.5) is 0 Å². The number of pyridine rings is 1. The molecule has 8 nitrogen and oxygen atoms in total. The van der Waals surface area contributed by atoms with Crippen LogP contribution in [-0.4, -0.2) is 46.5 Å². The van der Waals surface area contributed by atoms with Gasteiger partial charge in [-0.05, 0) is 50.7 Å². The summed E-state index contributed by atoms with van der Waals surface area (Å²) in [5, 5.41) is 3.83. The zero-order valence-corrected chi connectivity index (χ0v) is 22.5. The molecule has 37 heavy (non-hydrogen) atoms. The summed E-state index contributed by atoms with van der Waals surface area (Å²) < 4.78 is 7.60. The number of likely N-dealkylation sites (tertiary alicyclic amines) is 1. The Morgan fingerprint density at radius 3 is 2.54 bits per heavy atom. The van der Waals surface area contributed by atoms with Gasteiger partial charge in [0.2, 0.25) is 5.91 Å². The van der Waals surface area contributed by atoms with Gasteiger partial charge in [-0.15, -0.1) is 0 Å². The molecular weight excluding hydrogens is 468 g/mol. The van der Waals surface area contributed by atoms with Crippen molar-refractivity contribution in [3.05, 3.63) is 63.2 Å². The third-order valence-corrected chi connectivity index (χ3v) is 7.32. The summed E-state index contributed by atoms with van der Waals surface area (Å²) >= 11 is 0. The number of para-hydroxylation sites is 1. The number of fused-ring (bicyclic) bond motifs is 1. The van der Waals surface area contributed by atoms with Crippen LogP contribution >= 0.6 is 0 Å². The zero-order valence-electron chi connectivity index (χ0n) is 22.5. The van der Waals surface area contributed by atoms with Gasteiger partial charge in [0.1, 0.15) is 5.75 Å². The van der Waals surface area contributed by atoms with Crippen LogP contribution in [-0.2, 0) is 17.9 Å². The maximum Gasteiger partial charge on any atom is 0.256 e. The first kappa shape index (κ1) is 26.5. The monoisotopic (exact) mass is 506 g/mol. The maximum atomic E-state index is 13.4. The number of amides is 2. The van der Waals surface area contributed by atoms with E-state index in [1.807, 2.05) is 36.1 Å². The number of aromatic amines is 1. The van der Waals surface area contributed by atoms with Crippen LogP contribution in [0.3, 0.4) is 0 Å². The van der Waals surface area contributed by atoms with Crippen molar-refractivity contribution in [2.75, 3.05) is 20.2 Å². The number of nitrogens with one attached hydrogen (secondary N) is 2. The van der Waals surface area contributed by atoms with E-state index < -0.39 is 0 Å². The van der Waals surface area contributed by atoms with Gasteiger partial charge >= 0.3 is 0 Å². The van der Waals surface area contributed by atoms with Gasteiger partial charge in [0.25, 0.3) is 11.5 Å². The largest absolute Gasteiger partial charge is 0.496 e. The Hall–Kier alpha value is -3.55. The van der Waals surface area contributed by atoms with Crippen molar-refractivity contribution in [2.24, 2.45) is 11.8 Å². The number of rotatable bonds is 8. The molecule has 1 fully saturated rings. The predicted molar refractivity (Wildman–Crippen MR) is 145 cm³/mol. The second kappa shape index (κ2) is 11.2. The van der Waals surface area contributed by atoms with Crippen LogP contribution in [0.2, 0.25) is 0 Å². The number of piperidine rings is 1. The fourth-order valence-electron chi connectivity index (χ4n) is 5.35. The number of benzene rings is 1. The quantitative estimate of drug-likeness (QED) is 0.479. The van der Waals surface area contributed by atoms with Gasteiger partial charge in [0.15, 0.2) is 0 Å². The highest BCUT2D eigenvalue weighted by atomic mass is 16.5. The van der Waals surface area contributed by atoms with Crippen molar-refractivity contribution in [1.29, 1.82) is 0 Å². The maximum absolute atomic E-state index is 13.4. The van der Waals surface area contributed by atoms with E-state index in [-0.39, 0.29) is 23.9 Å². The molecule has 198 valence electrons. The first-order chi connectivity index (χ1) is 17.7. The third kappa shape index (κ3) is 5.73. The van der Waals surface area contributed by atoms with Crippen LogP contribution in [0.1, 0.15) is 60.4 Å². The van der Waals surface area contributed by atoms with Gasteiger partial charge < -0.3 is 24.5 Å². The van der Waals surface area contributed by atoms with E-state index in [0.29, 0.717) is 40.8 Å². The number of nitrogens with zero attached hydrogens (tertiary/aromatic N) is 2. The molecule has 3 heterocycles. The van der Waals surface area contributed by atoms with Crippen molar-refractivity contribution in [3.8, 4) is 5.75 Å². The molecule has 0 saturated carbocycles. The van der Waals surface area contributed by atoms with Crippen molar-refractivity contribution in [1.82, 2.24) is 19.8 Å². The van der Waals surface area contributed by atoms with Gasteiger partial charge in [-0.1, -0.05) is 32.0 Å². The topological polar surface area (TPSA) is 96.4 Å². The number of hydrogen-bond donors (Lipinski definition) is 2. The lowest BCUT2D eigenvalue weighted by Gasteiger charge is -2.33. The molecule has 1 aliphatic rings. The number of methoxy groups -OCH3 is 1. The molecular formula is C29H38N4O4. The van der Waals surface area contributed by atoms with Crippen molar-refractivity contribution in [3.63, 3.8) is 0 Å². The highest BCUT2D eigenvalue weighted by Gasteiger charge is 2.26. The van der Waals surface area contributed by atoms with Crippen LogP contribution in [0.25, 0.3) is 10.9 Å². The van der Waals surface area contributed by atoms with Gasteiger partial charge in [0, 0.05) is 48.3 Å². The predicted octanol–water partition coefficient (Wildman–Crippen LogP) is 4.17.